The van der Waals surface area contributed by atoms with E-state index in [-0.39, 0.29) is 0 Å². The molecule has 1 spiro atoms. The van der Waals surface area contributed by atoms with Gasteiger partial charge in [-0.3, -0.25) is 0 Å². The maximum atomic E-state index is 2.74. The van der Waals surface area contributed by atoms with Gasteiger partial charge in [-0.1, -0.05) is 118 Å². The van der Waals surface area contributed by atoms with Crippen molar-refractivity contribution < 1.29 is 0 Å². The van der Waals surface area contributed by atoms with Crippen LogP contribution in [0.15, 0.2) is 54.6 Å². The molecule has 2 saturated heterocycles. The minimum atomic E-state index is -1.56. The fourth-order valence-corrected chi connectivity index (χ4v) is 21.0. The SMILES string of the molecule is CC1(C)C[Si@]2(C)CCCC[Si@@](C)(c3ccccc3)[C@H]3C=CC=CC312. The second-order valence-electron chi connectivity index (χ2n) is 9.70. The van der Waals surface area contributed by atoms with E-state index in [0.29, 0.717) is 10.5 Å². The van der Waals surface area contributed by atoms with E-state index in [2.05, 4.69) is 81.6 Å². The molecular weight excluding hydrogens is 320 g/mol. The molecule has 2 heterocycles. The lowest BCUT2D eigenvalue weighted by Crippen LogP contribution is -2.70. The molecule has 0 radical (unpaired) electrons. The van der Waals surface area contributed by atoms with E-state index in [1.165, 1.54) is 24.9 Å². The summed E-state index contributed by atoms with van der Waals surface area (Å²) in [4.78, 5) is 0. The third-order valence-electron chi connectivity index (χ3n) is 8.01. The van der Waals surface area contributed by atoms with Crippen LogP contribution in [0.5, 0.6) is 0 Å². The fourth-order valence-electron chi connectivity index (χ4n) is 7.16. The summed E-state index contributed by atoms with van der Waals surface area (Å²) in [7, 11) is -2.80. The molecule has 2 aliphatic heterocycles. The Morgan fingerprint density at radius 2 is 1.67 bits per heavy atom. The molecule has 24 heavy (non-hydrogen) atoms. The smallest absolute Gasteiger partial charge is 0.0832 e. The molecule has 1 aromatic carbocycles. The van der Waals surface area contributed by atoms with Crippen molar-refractivity contribution in [1.29, 1.82) is 0 Å². The van der Waals surface area contributed by atoms with E-state index in [9.17, 15) is 0 Å². The van der Waals surface area contributed by atoms with Gasteiger partial charge in [0, 0.05) is 0 Å². The minimum absolute atomic E-state index is 0.472. The van der Waals surface area contributed by atoms with Gasteiger partial charge >= 0.3 is 0 Å². The Morgan fingerprint density at radius 1 is 0.958 bits per heavy atom. The Morgan fingerprint density at radius 3 is 2.38 bits per heavy atom. The van der Waals surface area contributed by atoms with Gasteiger partial charge in [0.2, 0.25) is 0 Å². The van der Waals surface area contributed by atoms with Crippen LogP contribution in [0.1, 0.15) is 26.7 Å². The lowest BCUT2D eigenvalue weighted by Gasteiger charge is -2.72. The first kappa shape index (κ1) is 16.6. The molecule has 4 atom stereocenters. The Hall–Kier alpha value is -0.866. The lowest BCUT2D eigenvalue weighted by atomic mass is 9.73. The molecule has 128 valence electrons. The Bertz CT molecular complexity index is 689. The third-order valence-corrected chi connectivity index (χ3v) is 19.6. The summed E-state index contributed by atoms with van der Waals surface area (Å²) in [6.45, 7) is 10.6. The average molecular weight is 353 g/mol. The highest BCUT2D eigenvalue weighted by atomic mass is 28.3. The van der Waals surface area contributed by atoms with E-state index in [1.54, 1.807) is 11.2 Å². The van der Waals surface area contributed by atoms with Gasteiger partial charge in [-0.25, -0.2) is 0 Å². The first-order valence-corrected chi connectivity index (χ1v) is 15.5. The predicted octanol–water partition coefficient (Wildman–Crippen LogP) is 6.12. The van der Waals surface area contributed by atoms with Crippen LogP contribution < -0.4 is 5.19 Å². The van der Waals surface area contributed by atoms with Crippen LogP contribution in [0.2, 0.25) is 41.8 Å². The van der Waals surface area contributed by atoms with Crippen molar-refractivity contribution in [3.05, 3.63) is 54.6 Å². The normalized spacial score (nSPS) is 43.1. The molecule has 0 N–H and O–H groups in total. The van der Waals surface area contributed by atoms with Crippen LogP contribution in [0.3, 0.4) is 0 Å². The highest BCUT2D eigenvalue weighted by Crippen LogP contribution is 2.78. The Kier molecular flexibility index (Phi) is 3.67. The van der Waals surface area contributed by atoms with E-state index in [0.717, 1.165) is 5.54 Å². The van der Waals surface area contributed by atoms with Crippen LogP contribution in [0.4, 0.5) is 0 Å². The van der Waals surface area contributed by atoms with Crippen molar-refractivity contribution in [2.75, 3.05) is 0 Å². The first-order chi connectivity index (χ1) is 11.4. The molecule has 0 aromatic heterocycles. The molecule has 2 heteroatoms. The molecule has 2 fully saturated rings. The summed E-state index contributed by atoms with van der Waals surface area (Å²) in [5.74, 6) is 0. The van der Waals surface area contributed by atoms with Crippen LogP contribution in [0.25, 0.3) is 0 Å². The van der Waals surface area contributed by atoms with Crippen molar-refractivity contribution in [1.82, 2.24) is 0 Å². The topological polar surface area (TPSA) is 0 Å². The zero-order chi connectivity index (χ0) is 17.1. The van der Waals surface area contributed by atoms with Gasteiger partial charge < -0.3 is 0 Å². The molecule has 4 rings (SSSR count). The highest BCUT2D eigenvalue weighted by Gasteiger charge is 2.71. The second kappa shape index (κ2) is 5.31. The van der Waals surface area contributed by atoms with Crippen LogP contribution in [-0.4, -0.2) is 16.1 Å². The summed E-state index contributed by atoms with van der Waals surface area (Å²) in [6.07, 6.45) is 13.0. The number of benzene rings is 1. The van der Waals surface area contributed by atoms with Gasteiger partial charge in [-0.2, -0.15) is 0 Å². The monoisotopic (exact) mass is 352 g/mol. The predicted molar refractivity (Wildman–Crippen MR) is 111 cm³/mol. The molecular formula is C22H32Si2. The van der Waals surface area contributed by atoms with Gasteiger partial charge in [0.05, 0.1) is 16.1 Å². The van der Waals surface area contributed by atoms with E-state index >= 15 is 0 Å². The summed E-state index contributed by atoms with van der Waals surface area (Å²) in [5, 5.41) is 2.18. The number of rotatable bonds is 1. The summed E-state index contributed by atoms with van der Waals surface area (Å²) in [6, 6.07) is 16.1. The Labute approximate surface area is 150 Å². The van der Waals surface area contributed by atoms with Crippen molar-refractivity contribution in [3.8, 4) is 0 Å². The highest BCUT2D eigenvalue weighted by molar-refractivity contribution is 6.96. The average Bonchev–Trinajstić information content (AvgIpc) is 2.58. The van der Waals surface area contributed by atoms with Crippen LogP contribution in [0, 0.1) is 5.41 Å². The largest absolute Gasteiger partial charge is 0.0910 e. The first-order valence-electron chi connectivity index (χ1n) is 9.77. The molecule has 1 aromatic rings. The third kappa shape index (κ3) is 1.96. The maximum Gasteiger partial charge on any atom is 0.0910 e. The molecule has 1 aliphatic carbocycles. The van der Waals surface area contributed by atoms with Gasteiger partial charge in [0.25, 0.3) is 0 Å². The van der Waals surface area contributed by atoms with E-state index in [4.69, 9.17) is 0 Å². The number of allylic oxidation sites excluding steroid dienone is 4. The number of hydrogen-bond acceptors (Lipinski definition) is 0. The van der Waals surface area contributed by atoms with Crippen LogP contribution >= 0.6 is 0 Å². The van der Waals surface area contributed by atoms with Crippen molar-refractivity contribution in [2.45, 2.75) is 68.5 Å². The molecule has 0 saturated carbocycles. The molecule has 0 amide bonds. The van der Waals surface area contributed by atoms with Gasteiger partial charge in [0.15, 0.2) is 0 Å². The quantitative estimate of drug-likeness (QED) is 0.534. The Balaban J connectivity index is 1.91. The van der Waals surface area contributed by atoms with Crippen molar-refractivity contribution in [2.24, 2.45) is 5.41 Å². The van der Waals surface area contributed by atoms with Gasteiger partial charge in [-0.15, -0.1) is 0 Å². The zero-order valence-electron chi connectivity index (χ0n) is 15.8. The molecule has 0 bridgehead atoms. The van der Waals surface area contributed by atoms with Crippen molar-refractivity contribution >= 4 is 21.3 Å². The standard InChI is InChI=1S/C22H32Si2/c1-21(2)18-23(3)16-10-11-17-24(4,19-12-6-5-7-13-19)20-14-8-9-15-22(20,21)23/h5-9,12-15,20H,10-11,16-18H2,1-4H3/t20-,22?,23-,24-/m0/s1. The molecule has 1 unspecified atom stereocenters. The van der Waals surface area contributed by atoms with Crippen molar-refractivity contribution in [3.63, 3.8) is 0 Å². The fraction of sp³-hybridized carbons (Fsp3) is 0.545. The summed E-state index contributed by atoms with van der Waals surface area (Å²) in [5.41, 5.74) is 1.26. The number of hydrogen-bond donors (Lipinski definition) is 0. The summed E-state index contributed by atoms with van der Waals surface area (Å²) < 4.78 is 0. The van der Waals surface area contributed by atoms with Gasteiger partial charge in [-0.05, 0) is 16.0 Å². The van der Waals surface area contributed by atoms with E-state index in [1.807, 2.05) is 0 Å². The zero-order valence-corrected chi connectivity index (χ0v) is 17.8. The van der Waals surface area contributed by atoms with Crippen LogP contribution in [-0.2, 0) is 0 Å². The minimum Gasteiger partial charge on any atom is -0.0832 e. The second-order valence-corrected chi connectivity index (χ2v) is 19.0. The lowest BCUT2D eigenvalue weighted by molar-refractivity contribution is 0.231. The van der Waals surface area contributed by atoms with E-state index < -0.39 is 16.1 Å². The van der Waals surface area contributed by atoms with Gasteiger partial charge in [0.1, 0.15) is 0 Å². The molecule has 3 aliphatic rings. The summed E-state index contributed by atoms with van der Waals surface area (Å²) >= 11 is 0. The molecule has 0 nitrogen and oxygen atoms in total. The maximum absolute atomic E-state index is 2.74.